The Kier molecular flexibility index (Phi) is 2.69. The van der Waals surface area contributed by atoms with Crippen molar-refractivity contribution in [1.82, 2.24) is 0 Å². The van der Waals surface area contributed by atoms with Crippen LogP contribution in [0.3, 0.4) is 0 Å². The average Bonchev–Trinajstić information content (AvgIpc) is 2.91. The topological polar surface area (TPSA) is 21.6 Å². The predicted molar refractivity (Wildman–Crippen MR) is 71.5 cm³/mol. The van der Waals surface area contributed by atoms with Gasteiger partial charge < -0.3 is 4.74 Å². The Balaban J connectivity index is 2.08. The minimum atomic E-state index is 0.868. The molecule has 0 N–H and O–H groups in total. The molecular formula is C14H13NOS. The van der Waals surface area contributed by atoms with Crippen LogP contribution in [0.15, 0.2) is 40.7 Å². The van der Waals surface area contributed by atoms with E-state index in [1.807, 2.05) is 6.07 Å². The van der Waals surface area contributed by atoms with Crippen molar-refractivity contribution >= 4 is 17.0 Å². The Labute approximate surface area is 105 Å². The van der Waals surface area contributed by atoms with Crippen LogP contribution in [-0.4, -0.2) is 19.4 Å². The fourth-order valence-corrected chi connectivity index (χ4v) is 2.88. The number of nitrogens with zero attached hydrogens (tertiary/aromatic N) is 1. The lowest BCUT2D eigenvalue weighted by molar-refractivity contribution is 0.414. The van der Waals surface area contributed by atoms with Crippen molar-refractivity contribution in [3.63, 3.8) is 0 Å². The highest BCUT2D eigenvalue weighted by Gasteiger charge is 2.16. The average molecular weight is 243 g/mol. The van der Waals surface area contributed by atoms with Gasteiger partial charge in [0.1, 0.15) is 5.75 Å². The number of thiophene rings is 1. The maximum atomic E-state index is 5.27. The number of rotatable bonds is 2. The van der Waals surface area contributed by atoms with Crippen LogP contribution >= 0.6 is 11.3 Å². The van der Waals surface area contributed by atoms with Gasteiger partial charge in [-0.25, -0.2) is 0 Å². The van der Waals surface area contributed by atoms with Crippen LogP contribution in [0.2, 0.25) is 0 Å². The van der Waals surface area contributed by atoms with E-state index < -0.39 is 0 Å². The summed E-state index contributed by atoms with van der Waals surface area (Å²) >= 11 is 1.74. The van der Waals surface area contributed by atoms with Gasteiger partial charge in [0.15, 0.2) is 0 Å². The number of aliphatic imine (C=N–C) groups is 1. The largest absolute Gasteiger partial charge is 0.497 e. The van der Waals surface area contributed by atoms with Crippen molar-refractivity contribution < 1.29 is 4.74 Å². The number of methoxy groups -OCH3 is 1. The molecule has 0 bridgehead atoms. The number of ether oxygens (including phenoxy) is 1. The molecule has 0 unspecified atom stereocenters. The van der Waals surface area contributed by atoms with Gasteiger partial charge >= 0.3 is 0 Å². The molecule has 0 fully saturated rings. The quantitative estimate of drug-likeness (QED) is 0.794. The van der Waals surface area contributed by atoms with Crippen molar-refractivity contribution in [2.75, 3.05) is 13.7 Å². The molecule has 1 aliphatic heterocycles. The molecule has 3 rings (SSSR count). The molecule has 0 saturated heterocycles. The zero-order valence-corrected chi connectivity index (χ0v) is 10.5. The Morgan fingerprint density at radius 3 is 3.00 bits per heavy atom. The van der Waals surface area contributed by atoms with Gasteiger partial charge in [0.2, 0.25) is 0 Å². The molecule has 2 heterocycles. The highest BCUT2D eigenvalue weighted by atomic mass is 32.1. The first kappa shape index (κ1) is 10.5. The van der Waals surface area contributed by atoms with Gasteiger partial charge in [-0.2, -0.15) is 0 Å². The first-order valence-corrected chi connectivity index (χ1v) is 6.52. The smallest absolute Gasteiger partial charge is 0.119 e. The maximum absolute atomic E-state index is 5.27. The number of benzene rings is 1. The van der Waals surface area contributed by atoms with Crippen molar-refractivity contribution in [2.24, 2.45) is 4.99 Å². The van der Waals surface area contributed by atoms with Gasteiger partial charge in [0, 0.05) is 12.1 Å². The molecule has 0 saturated carbocycles. The van der Waals surface area contributed by atoms with Gasteiger partial charge in [-0.05, 0) is 41.6 Å². The summed E-state index contributed by atoms with van der Waals surface area (Å²) in [6.45, 7) is 0.868. The summed E-state index contributed by atoms with van der Waals surface area (Å²) in [5, 5.41) is 2.09. The third-order valence-corrected chi connectivity index (χ3v) is 3.85. The van der Waals surface area contributed by atoms with E-state index in [1.165, 1.54) is 16.0 Å². The van der Waals surface area contributed by atoms with E-state index in [2.05, 4.69) is 34.6 Å². The number of fused-ring (bicyclic) bond motifs is 1. The van der Waals surface area contributed by atoms with Crippen LogP contribution in [0.25, 0.3) is 0 Å². The van der Waals surface area contributed by atoms with E-state index in [-0.39, 0.29) is 0 Å². The molecule has 86 valence electrons. The summed E-state index contributed by atoms with van der Waals surface area (Å²) < 4.78 is 5.27. The second-order valence-electron chi connectivity index (χ2n) is 3.98. The minimum Gasteiger partial charge on any atom is -0.497 e. The molecule has 17 heavy (non-hydrogen) atoms. The molecule has 2 nitrogen and oxygen atoms in total. The lowest BCUT2D eigenvalue weighted by atomic mass is 9.96. The van der Waals surface area contributed by atoms with Gasteiger partial charge in [-0.3, -0.25) is 4.99 Å². The Morgan fingerprint density at radius 2 is 2.24 bits per heavy atom. The second-order valence-corrected chi connectivity index (χ2v) is 4.93. The molecular weight excluding hydrogens is 230 g/mol. The molecule has 1 aliphatic rings. The SMILES string of the molecule is COc1ccc2c(c1)CCN=C2c1cccs1. The Hall–Kier alpha value is -1.61. The monoisotopic (exact) mass is 243 g/mol. The fraction of sp³-hybridized carbons (Fsp3) is 0.214. The van der Waals surface area contributed by atoms with Crippen molar-refractivity contribution in [2.45, 2.75) is 6.42 Å². The summed E-state index contributed by atoms with van der Waals surface area (Å²) in [5.41, 5.74) is 3.71. The zero-order valence-electron chi connectivity index (χ0n) is 9.64. The summed E-state index contributed by atoms with van der Waals surface area (Å²) in [4.78, 5) is 5.90. The third-order valence-electron chi connectivity index (χ3n) is 2.97. The van der Waals surface area contributed by atoms with Crippen LogP contribution in [0.1, 0.15) is 16.0 Å². The van der Waals surface area contributed by atoms with Crippen LogP contribution in [0, 0.1) is 0 Å². The van der Waals surface area contributed by atoms with E-state index >= 15 is 0 Å². The molecule has 0 aliphatic carbocycles. The summed E-state index contributed by atoms with van der Waals surface area (Å²) in [5.74, 6) is 0.927. The first-order valence-electron chi connectivity index (χ1n) is 5.64. The normalized spacial score (nSPS) is 14.1. The van der Waals surface area contributed by atoms with Crippen LogP contribution in [-0.2, 0) is 6.42 Å². The van der Waals surface area contributed by atoms with E-state index in [1.54, 1.807) is 18.4 Å². The third kappa shape index (κ3) is 1.87. The molecule has 1 aromatic carbocycles. The molecule has 3 heteroatoms. The number of hydrogen-bond donors (Lipinski definition) is 0. The highest BCUT2D eigenvalue weighted by molar-refractivity contribution is 7.12. The Morgan fingerprint density at radius 1 is 1.29 bits per heavy atom. The lowest BCUT2D eigenvalue weighted by Crippen LogP contribution is -2.13. The molecule has 0 amide bonds. The summed E-state index contributed by atoms with van der Waals surface area (Å²) in [6, 6.07) is 10.4. The molecule has 2 aromatic rings. The standard InChI is InChI=1S/C14H13NOS/c1-16-11-4-5-12-10(9-11)6-7-15-14(12)13-3-2-8-17-13/h2-5,8-9H,6-7H2,1H3. The maximum Gasteiger partial charge on any atom is 0.119 e. The van der Waals surface area contributed by atoms with E-state index in [0.717, 1.165) is 24.4 Å². The highest BCUT2D eigenvalue weighted by Crippen LogP contribution is 2.26. The van der Waals surface area contributed by atoms with E-state index in [9.17, 15) is 0 Å². The first-order chi connectivity index (χ1) is 8.38. The fourth-order valence-electron chi connectivity index (χ4n) is 2.13. The van der Waals surface area contributed by atoms with E-state index in [0.29, 0.717) is 0 Å². The summed E-state index contributed by atoms with van der Waals surface area (Å²) in [7, 11) is 1.71. The van der Waals surface area contributed by atoms with E-state index in [4.69, 9.17) is 4.74 Å². The minimum absolute atomic E-state index is 0.868. The molecule has 0 spiro atoms. The van der Waals surface area contributed by atoms with Crippen molar-refractivity contribution in [1.29, 1.82) is 0 Å². The lowest BCUT2D eigenvalue weighted by Gasteiger charge is -2.16. The molecule has 0 radical (unpaired) electrons. The van der Waals surface area contributed by atoms with Gasteiger partial charge in [0.05, 0.1) is 17.7 Å². The van der Waals surface area contributed by atoms with Crippen molar-refractivity contribution in [3.05, 3.63) is 51.7 Å². The predicted octanol–water partition coefficient (Wildman–Crippen LogP) is 3.15. The van der Waals surface area contributed by atoms with Crippen LogP contribution < -0.4 is 4.74 Å². The van der Waals surface area contributed by atoms with Crippen LogP contribution in [0.5, 0.6) is 5.75 Å². The van der Waals surface area contributed by atoms with Crippen molar-refractivity contribution in [3.8, 4) is 5.75 Å². The molecule has 0 atom stereocenters. The van der Waals surface area contributed by atoms with Gasteiger partial charge in [-0.15, -0.1) is 11.3 Å². The second kappa shape index (κ2) is 4.34. The van der Waals surface area contributed by atoms with Gasteiger partial charge in [-0.1, -0.05) is 6.07 Å². The Bertz CT molecular complexity index is 558. The van der Waals surface area contributed by atoms with Crippen LogP contribution in [0.4, 0.5) is 0 Å². The number of hydrogen-bond acceptors (Lipinski definition) is 3. The summed E-state index contributed by atoms with van der Waals surface area (Å²) in [6.07, 6.45) is 1.00. The van der Waals surface area contributed by atoms with Gasteiger partial charge in [0.25, 0.3) is 0 Å². The molecule has 1 aromatic heterocycles. The zero-order chi connectivity index (χ0) is 11.7.